The number of aliphatic hydroxyl groups is 1. The fourth-order valence-corrected chi connectivity index (χ4v) is 6.43. The number of hydrogen-bond donors (Lipinski definition) is 4. The molecule has 258 valence electrons. The number of amides is 3. The molecule has 46 heavy (non-hydrogen) atoms. The van der Waals surface area contributed by atoms with Crippen molar-refractivity contribution in [2.24, 2.45) is 11.7 Å². The maximum Gasteiger partial charge on any atom is 0.410 e. The van der Waals surface area contributed by atoms with Crippen molar-refractivity contribution in [3.63, 3.8) is 0 Å². The highest BCUT2D eigenvalue weighted by Gasteiger charge is 2.58. The van der Waals surface area contributed by atoms with Crippen LogP contribution in [0.15, 0.2) is 36.0 Å². The molecule has 12 heteroatoms. The summed E-state index contributed by atoms with van der Waals surface area (Å²) in [6.45, 7) is 10.5. The molecular formula is C34H54N4O8. The van der Waals surface area contributed by atoms with Crippen LogP contribution in [0.3, 0.4) is 0 Å². The number of nitrogens with zero attached hydrogens (tertiary/aromatic N) is 1. The number of likely N-dealkylation sites (tertiary alicyclic amines) is 1. The Balaban J connectivity index is 1.21. The molecule has 1 unspecified atom stereocenters. The van der Waals surface area contributed by atoms with Gasteiger partial charge in [0.2, 0.25) is 11.8 Å². The zero-order valence-electron chi connectivity index (χ0n) is 27.8. The van der Waals surface area contributed by atoms with Gasteiger partial charge in [-0.05, 0) is 64.9 Å². The molecule has 3 amide bonds. The molecule has 4 fully saturated rings. The highest BCUT2D eigenvalue weighted by atomic mass is 16.6. The number of allylic oxidation sites excluding steroid dienone is 2. The van der Waals surface area contributed by atoms with Crippen LogP contribution >= 0.6 is 0 Å². The number of carbonyl (C=O) groups is 3. The SMILES string of the molecule is CC(/C=C/[C@H]1O[C@H](CC(=O)NCCN)C[C@@]2(CO2)[C@@H]1O)=C\C[C@@H]1O[C@H](C)[C@H](NC(=O)C=CC(C)OC(=O)N2CCCCC2)C[C@@H]1C. The molecule has 0 bridgehead atoms. The van der Waals surface area contributed by atoms with Crippen molar-refractivity contribution in [3.05, 3.63) is 36.0 Å². The number of carbonyl (C=O) groups excluding carboxylic acids is 3. The van der Waals surface area contributed by atoms with Gasteiger partial charge in [0.05, 0.1) is 37.4 Å². The Morgan fingerprint density at radius 1 is 1.15 bits per heavy atom. The van der Waals surface area contributed by atoms with E-state index in [-0.39, 0.29) is 54.6 Å². The summed E-state index contributed by atoms with van der Waals surface area (Å²) in [6, 6.07) is -0.133. The minimum absolute atomic E-state index is 0.00710. The monoisotopic (exact) mass is 646 g/mol. The van der Waals surface area contributed by atoms with Crippen LogP contribution in [0.5, 0.6) is 0 Å². The number of piperidine rings is 1. The van der Waals surface area contributed by atoms with Gasteiger partial charge >= 0.3 is 6.09 Å². The van der Waals surface area contributed by atoms with Crippen LogP contribution in [0, 0.1) is 5.92 Å². The molecule has 0 aliphatic carbocycles. The van der Waals surface area contributed by atoms with Crippen molar-refractivity contribution in [2.75, 3.05) is 32.8 Å². The summed E-state index contributed by atoms with van der Waals surface area (Å²) in [6.07, 6.45) is 11.4. The predicted molar refractivity (Wildman–Crippen MR) is 173 cm³/mol. The maximum absolute atomic E-state index is 12.7. The molecule has 4 saturated heterocycles. The van der Waals surface area contributed by atoms with Crippen molar-refractivity contribution < 1.29 is 38.4 Å². The van der Waals surface area contributed by atoms with E-state index in [0.717, 1.165) is 44.3 Å². The summed E-state index contributed by atoms with van der Waals surface area (Å²) >= 11 is 0. The molecule has 5 N–H and O–H groups in total. The van der Waals surface area contributed by atoms with Gasteiger partial charge in [-0.1, -0.05) is 30.7 Å². The molecule has 9 atom stereocenters. The molecule has 4 rings (SSSR count). The fourth-order valence-electron chi connectivity index (χ4n) is 6.43. The number of rotatable bonds is 12. The third-order valence-electron chi connectivity index (χ3n) is 9.35. The molecule has 4 aliphatic heterocycles. The van der Waals surface area contributed by atoms with Crippen LogP contribution in [-0.4, -0.2) is 109 Å². The number of nitrogens with one attached hydrogen (secondary N) is 2. The summed E-state index contributed by atoms with van der Waals surface area (Å²) in [5, 5.41) is 16.7. The first-order chi connectivity index (χ1) is 22.0. The largest absolute Gasteiger partial charge is 0.442 e. The Morgan fingerprint density at radius 2 is 1.89 bits per heavy atom. The average Bonchev–Trinajstić information content (AvgIpc) is 3.81. The first-order valence-electron chi connectivity index (χ1n) is 16.9. The van der Waals surface area contributed by atoms with E-state index in [1.165, 1.54) is 6.08 Å². The van der Waals surface area contributed by atoms with Gasteiger partial charge in [0.25, 0.3) is 0 Å². The molecule has 0 aromatic heterocycles. The van der Waals surface area contributed by atoms with Gasteiger partial charge < -0.3 is 45.3 Å². The lowest BCUT2D eigenvalue weighted by atomic mass is 9.87. The third-order valence-corrected chi connectivity index (χ3v) is 9.35. The van der Waals surface area contributed by atoms with Crippen molar-refractivity contribution in [1.29, 1.82) is 0 Å². The van der Waals surface area contributed by atoms with Gasteiger partial charge in [-0.15, -0.1) is 0 Å². The molecule has 0 aromatic carbocycles. The number of nitrogens with two attached hydrogens (primary N) is 1. The summed E-state index contributed by atoms with van der Waals surface area (Å²) in [5.74, 6) is -0.155. The van der Waals surface area contributed by atoms with Crippen LogP contribution in [-0.2, 0) is 28.5 Å². The number of ether oxygens (including phenoxy) is 4. The van der Waals surface area contributed by atoms with E-state index in [9.17, 15) is 19.5 Å². The summed E-state index contributed by atoms with van der Waals surface area (Å²) < 4.78 is 23.5. The van der Waals surface area contributed by atoms with Gasteiger partial charge in [-0.2, -0.15) is 0 Å². The second-order valence-corrected chi connectivity index (χ2v) is 13.3. The summed E-state index contributed by atoms with van der Waals surface area (Å²) in [7, 11) is 0. The standard InChI is InChI=1S/C34H54N4O8/c1-22(9-12-29-32(41)34(21-43-34)20-26(46-29)19-31(40)36-15-14-35)8-11-28-23(2)18-27(25(4)45-28)37-30(39)13-10-24(3)44-33(42)38-16-6-5-7-17-38/h8-10,12-13,23-29,32,41H,5-7,11,14-21,35H2,1-4H3,(H,36,40)(H,37,39)/b12-9+,13-10?,22-8+/t23-,24?,25+,26+,27+,28-,29+,32+,34+/m0/s1. The van der Waals surface area contributed by atoms with E-state index in [1.54, 1.807) is 17.9 Å². The topological polar surface area (TPSA) is 165 Å². The van der Waals surface area contributed by atoms with Crippen molar-refractivity contribution in [3.8, 4) is 0 Å². The Bertz CT molecular complexity index is 1130. The van der Waals surface area contributed by atoms with E-state index >= 15 is 0 Å². The average molecular weight is 647 g/mol. The zero-order valence-corrected chi connectivity index (χ0v) is 27.8. The van der Waals surface area contributed by atoms with Crippen molar-refractivity contribution >= 4 is 17.9 Å². The van der Waals surface area contributed by atoms with Crippen molar-refractivity contribution in [1.82, 2.24) is 15.5 Å². The Labute approximate surface area is 273 Å². The first kappa shape index (κ1) is 36.1. The van der Waals surface area contributed by atoms with E-state index in [4.69, 9.17) is 24.7 Å². The Kier molecular flexibility index (Phi) is 13.2. The Hall–Kier alpha value is -2.77. The highest BCUT2D eigenvalue weighted by Crippen LogP contribution is 2.43. The lowest BCUT2D eigenvalue weighted by molar-refractivity contribution is -0.145. The number of aliphatic hydroxyl groups excluding tert-OH is 1. The lowest BCUT2D eigenvalue weighted by Crippen LogP contribution is -2.51. The molecule has 12 nitrogen and oxygen atoms in total. The fraction of sp³-hybridized carbons (Fsp3) is 0.735. The van der Waals surface area contributed by atoms with Gasteiger partial charge in [-0.3, -0.25) is 9.59 Å². The normalized spacial score (nSPS) is 34.1. The van der Waals surface area contributed by atoms with Crippen LogP contribution in [0.25, 0.3) is 0 Å². The minimum Gasteiger partial charge on any atom is -0.442 e. The molecular weight excluding hydrogens is 592 g/mol. The van der Waals surface area contributed by atoms with Gasteiger partial charge in [-0.25, -0.2) is 4.79 Å². The van der Waals surface area contributed by atoms with E-state index < -0.39 is 23.9 Å². The number of epoxide rings is 1. The molecule has 0 aromatic rings. The molecule has 4 aliphatic rings. The molecule has 1 spiro atoms. The Morgan fingerprint density at radius 3 is 2.59 bits per heavy atom. The second kappa shape index (κ2) is 16.9. The molecule has 0 saturated carbocycles. The van der Waals surface area contributed by atoms with E-state index in [0.29, 0.717) is 32.5 Å². The van der Waals surface area contributed by atoms with Crippen LogP contribution < -0.4 is 16.4 Å². The molecule has 4 heterocycles. The third kappa shape index (κ3) is 10.4. The van der Waals surface area contributed by atoms with E-state index in [2.05, 4.69) is 23.6 Å². The minimum atomic E-state index is -0.803. The van der Waals surface area contributed by atoms with Crippen LogP contribution in [0.4, 0.5) is 4.79 Å². The van der Waals surface area contributed by atoms with Gasteiger partial charge in [0, 0.05) is 38.7 Å². The highest BCUT2D eigenvalue weighted by molar-refractivity contribution is 5.87. The maximum atomic E-state index is 12.7. The van der Waals surface area contributed by atoms with E-state index in [1.807, 2.05) is 26.0 Å². The first-order valence-corrected chi connectivity index (χ1v) is 16.9. The number of hydrogen-bond acceptors (Lipinski definition) is 9. The predicted octanol–water partition coefficient (Wildman–Crippen LogP) is 2.50. The van der Waals surface area contributed by atoms with Gasteiger partial charge in [0.1, 0.15) is 23.9 Å². The van der Waals surface area contributed by atoms with Crippen LogP contribution in [0.1, 0.15) is 72.6 Å². The van der Waals surface area contributed by atoms with Gasteiger partial charge in [0.15, 0.2) is 0 Å². The van der Waals surface area contributed by atoms with Crippen molar-refractivity contribution in [2.45, 2.75) is 121 Å². The van der Waals surface area contributed by atoms with Crippen LogP contribution in [0.2, 0.25) is 0 Å². The summed E-state index contributed by atoms with van der Waals surface area (Å²) in [5.41, 5.74) is 5.83. The quantitative estimate of drug-likeness (QED) is 0.142. The smallest absolute Gasteiger partial charge is 0.410 e. The zero-order chi connectivity index (χ0) is 33.3. The summed E-state index contributed by atoms with van der Waals surface area (Å²) in [4.78, 5) is 38.9. The molecule has 0 radical (unpaired) electrons. The lowest BCUT2D eigenvalue weighted by Gasteiger charge is -2.39. The second-order valence-electron chi connectivity index (χ2n) is 13.3.